The molecule has 2 aromatic rings. The second-order valence-corrected chi connectivity index (χ2v) is 15.9. The van der Waals surface area contributed by atoms with E-state index in [1.807, 2.05) is 36.7 Å². The third-order valence-electron chi connectivity index (χ3n) is 13.4. The normalized spacial score (nSPS) is 41.8. The quantitative estimate of drug-likeness (QED) is 0.434. The topological polar surface area (TPSA) is 110 Å². The van der Waals surface area contributed by atoms with Crippen LogP contribution in [-0.4, -0.2) is 47.1 Å². The van der Waals surface area contributed by atoms with Crippen LogP contribution in [0.1, 0.15) is 92.4 Å². The van der Waals surface area contributed by atoms with Gasteiger partial charge in [0.1, 0.15) is 0 Å². The Labute approximate surface area is 254 Å². The molecule has 234 valence electrons. The number of aliphatic hydroxyl groups is 3. The Balaban J connectivity index is 1.42. The van der Waals surface area contributed by atoms with Crippen molar-refractivity contribution in [2.45, 2.75) is 121 Å². The Bertz CT molecular complexity index is 1570. The Morgan fingerprint density at radius 3 is 2.37 bits per heavy atom. The minimum absolute atomic E-state index is 0.0430. The molecule has 2 bridgehead atoms. The average Bonchev–Trinajstić information content (AvgIpc) is 3.44. The molecule has 3 N–H and O–H groups in total. The van der Waals surface area contributed by atoms with Crippen LogP contribution in [0.4, 0.5) is 0 Å². The van der Waals surface area contributed by atoms with Crippen molar-refractivity contribution in [2.24, 2.45) is 34.5 Å². The fourth-order valence-corrected chi connectivity index (χ4v) is 11.5. The Morgan fingerprint density at radius 1 is 0.977 bits per heavy atom. The van der Waals surface area contributed by atoms with Crippen molar-refractivity contribution in [1.29, 1.82) is 0 Å². The maximum absolute atomic E-state index is 14.7. The van der Waals surface area contributed by atoms with Crippen LogP contribution in [-0.2, 0) is 11.1 Å². The summed E-state index contributed by atoms with van der Waals surface area (Å²) in [6, 6.07) is 9.15. The van der Waals surface area contributed by atoms with Gasteiger partial charge in [0, 0.05) is 11.8 Å². The minimum atomic E-state index is -0.997. The van der Waals surface area contributed by atoms with Gasteiger partial charge in [0.15, 0.2) is 0 Å². The molecule has 8 nitrogen and oxygen atoms in total. The molecule has 0 saturated heterocycles. The van der Waals surface area contributed by atoms with E-state index in [0.29, 0.717) is 23.9 Å². The summed E-state index contributed by atoms with van der Waals surface area (Å²) in [5.74, 6) is 1.02. The first kappa shape index (κ1) is 29.3. The van der Waals surface area contributed by atoms with Crippen molar-refractivity contribution in [3.63, 3.8) is 0 Å². The van der Waals surface area contributed by atoms with Crippen molar-refractivity contribution in [2.75, 3.05) is 0 Å². The summed E-state index contributed by atoms with van der Waals surface area (Å²) in [5, 5.41) is 33.2. The molecular weight excluding hydrogens is 542 g/mol. The zero-order valence-electron chi connectivity index (χ0n) is 26.4. The summed E-state index contributed by atoms with van der Waals surface area (Å²) in [7, 11) is 0. The van der Waals surface area contributed by atoms with Gasteiger partial charge in [0.05, 0.1) is 34.6 Å². The molecule has 3 heterocycles. The molecule has 2 spiro atoms. The van der Waals surface area contributed by atoms with E-state index in [4.69, 9.17) is 0 Å². The van der Waals surface area contributed by atoms with Crippen molar-refractivity contribution in [1.82, 2.24) is 13.9 Å². The van der Waals surface area contributed by atoms with E-state index in [2.05, 4.69) is 32.9 Å². The van der Waals surface area contributed by atoms with Crippen molar-refractivity contribution in [3.05, 3.63) is 63.5 Å². The van der Waals surface area contributed by atoms with E-state index in [-0.39, 0.29) is 29.4 Å². The summed E-state index contributed by atoms with van der Waals surface area (Å²) in [5.41, 5.74) is -3.35. The molecule has 0 amide bonds. The number of rotatable bonds is 6. The van der Waals surface area contributed by atoms with E-state index < -0.39 is 40.0 Å². The van der Waals surface area contributed by atoms with Crippen LogP contribution in [0.3, 0.4) is 0 Å². The van der Waals surface area contributed by atoms with Crippen molar-refractivity contribution >= 4 is 0 Å². The average molecular weight is 592 g/mol. The molecular formula is C35H49N3O5. The molecule has 0 radical (unpaired) electrons. The van der Waals surface area contributed by atoms with E-state index in [1.165, 1.54) is 4.57 Å². The van der Waals surface area contributed by atoms with Gasteiger partial charge < -0.3 is 15.3 Å². The van der Waals surface area contributed by atoms with E-state index >= 15 is 0 Å². The zero-order valence-corrected chi connectivity index (χ0v) is 26.4. The SMILES string of the molecule is C[C@H](CCCC(C)(C)O)[C@H]1CC[C@@H]2[C@]1(C)CCC1[C@@]3(C)[C@@H](O)C[C@H](O)C[C@]34C=C[C@@]12n1c(=O)n(-c2ccccc2)c(=O)n14. The minimum Gasteiger partial charge on any atom is -0.393 e. The molecule has 4 aliphatic carbocycles. The molecule has 3 fully saturated rings. The van der Waals surface area contributed by atoms with Gasteiger partial charge in [0.2, 0.25) is 0 Å². The Morgan fingerprint density at radius 2 is 1.67 bits per heavy atom. The predicted octanol–water partition coefficient (Wildman–Crippen LogP) is 4.32. The van der Waals surface area contributed by atoms with Crippen LogP contribution in [0.15, 0.2) is 52.1 Å². The number of benzene rings is 1. The number of hydrogen-bond donors (Lipinski definition) is 3. The molecule has 6 aliphatic rings. The van der Waals surface area contributed by atoms with Gasteiger partial charge in [-0.2, -0.15) is 0 Å². The van der Waals surface area contributed by atoms with Gasteiger partial charge in [-0.3, -0.25) is 0 Å². The standard InChI is InChI=1S/C35H49N3O5/c1-22(10-9-16-31(2,3)43)25-13-14-26-32(25,4)17-15-27-33(5)28(40)20-24(39)21-34(33)18-19-35(26,27)38-30(42)36(29(41)37(34)38)23-11-7-6-8-12-23/h6-8,11-12,18-19,22,24-28,39-40,43H,9-10,13-17,20-21H2,1-5H3/t22-,24+,25-,26-,27?,28+,32-,33+,34-,35+/m1/s1. The third kappa shape index (κ3) is 3.60. The lowest BCUT2D eigenvalue weighted by Crippen LogP contribution is -2.79. The molecule has 3 saturated carbocycles. The Kier molecular flexibility index (Phi) is 6.34. The fourth-order valence-electron chi connectivity index (χ4n) is 11.5. The molecule has 8 rings (SSSR count). The number of aromatic nitrogens is 3. The number of hydrogen-bond acceptors (Lipinski definition) is 5. The lowest BCUT2D eigenvalue weighted by atomic mass is 9.40. The molecule has 43 heavy (non-hydrogen) atoms. The maximum Gasteiger partial charge on any atom is 0.352 e. The second kappa shape index (κ2) is 9.30. The summed E-state index contributed by atoms with van der Waals surface area (Å²) < 4.78 is 4.80. The lowest BCUT2D eigenvalue weighted by Gasteiger charge is -2.72. The lowest BCUT2D eigenvalue weighted by molar-refractivity contribution is -0.238. The first-order chi connectivity index (χ1) is 20.2. The number of fused-ring (bicyclic) bond motifs is 1. The Hall–Kier alpha value is -2.42. The summed E-state index contributed by atoms with van der Waals surface area (Å²) in [4.78, 5) is 29.2. The molecule has 1 unspecified atom stereocenters. The molecule has 8 heteroatoms. The van der Waals surface area contributed by atoms with Crippen LogP contribution in [0.5, 0.6) is 0 Å². The third-order valence-corrected chi connectivity index (χ3v) is 13.4. The van der Waals surface area contributed by atoms with Crippen molar-refractivity contribution < 1.29 is 15.3 Å². The molecule has 10 atom stereocenters. The van der Waals surface area contributed by atoms with Crippen LogP contribution < -0.4 is 11.4 Å². The highest BCUT2D eigenvalue weighted by Crippen LogP contribution is 2.74. The zero-order chi connectivity index (χ0) is 30.7. The predicted molar refractivity (Wildman–Crippen MR) is 165 cm³/mol. The molecule has 1 aromatic carbocycles. The molecule has 2 aliphatic heterocycles. The first-order valence-corrected chi connectivity index (χ1v) is 16.5. The summed E-state index contributed by atoms with van der Waals surface area (Å²) in [6.07, 6.45) is 10.0. The van der Waals surface area contributed by atoms with Crippen LogP contribution in [0.2, 0.25) is 0 Å². The van der Waals surface area contributed by atoms with Gasteiger partial charge in [-0.25, -0.2) is 23.5 Å². The largest absolute Gasteiger partial charge is 0.393 e. The number of nitrogens with zero attached hydrogens (tertiary/aromatic N) is 3. The maximum atomic E-state index is 14.7. The van der Waals surface area contributed by atoms with E-state index in [9.17, 15) is 24.9 Å². The summed E-state index contributed by atoms with van der Waals surface area (Å²) in [6.45, 7) is 10.7. The number of para-hydroxylation sites is 1. The van der Waals surface area contributed by atoms with Crippen LogP contribution in [0, 0.1) is 34.5 Å². The first-order valence-electron chi connectivity index (χ1n) is 16.5. The van der Waals surface area contributed by atoms with Gasteiger partial charge >= 0.3 is 11.4 Å². The van der Waals surface area contributed by atoms with E-state index in [0.717, 1.165) is 44.9 Å². The highest BCUT2D eigenvalue weighted by Gasteiger charge is 2.76. The van der Waals surface area contributed by atoms with Crippen molar-refractivity contribution in [3.8, 4) is 5.69 Å². The molecule has 1 aromatic heterocycles. The van der Waals surface area contributed by atoms with Gasteiger partial charge in [-0.1, -0.05) is 64.0 Å². The van der Waals surface area contributed by atoms with Gasteiger partial charge in [0.25, 0.3) is 0 Å². The number of allylic oxidation sites excluding steroid dienone is 2. The monoisotopic (exact) mass is 591 g/mol. The van der Waals surface area contributed by atoms with Crippen LogP contribution >= 0.6 is 0 Å². The second-order valence-electron chi connectivity index (χ2n) is 15.9. The summed E-state index contributed by atoms with van der Waals surface area (Å²) >= 11 is 0. The smallest absolute Gasteiger partial charge is 0.352 e. The van der Waals surface area contributed by atoms with Gasteiger partial charge in [-0.15, -0.1) is 0 Å². The highest BCUT2D eigenvalue weighted by atomic mass is 16.3. The highest BCUT2D eigenvalue weighted by molar-refractivity contribution is 5.38. The van der Waals surface area contributed by atoms with Gasteiger partial charge in [-0.05, 0) is 93.6 Å². The fraction of sp³-hybridized carbons (Fsp3) is 0.714. The number of aliphatic hydroxyl groups excluding tert-OH is 2. The van der Waals surface area contributed by atoms with E-state index in [1.54, 1.807) is 16.8 Å². The van der Waals surface area contributed by atoms with Crippen LogP contribution in [0.25, 0.3) is 5.69 Å².